The molecule has 2 fully saturated rings. The molecule has 0 heterocycles. The zero-order valence-corrected chi connectivity index (χ0v) is 14.7. The third kappa shape index (κ3) is 1.49. The van der Waals surface area contributed by atoms with Crippen LogP contribution in [0.1, 0.15) is 50.7 Å². The highest BCUT2D eigenvalue weighted by atomic mass is 16.1. The Labute approximate surface area is 143 Å². The molecule has 2 aromatic rings. The quantitative estimate of drug-likeness (QED) is 0.670. The fourth-order valence-corrected chi connectivity index (χ4v) is 6.01. The van der Waals surface area contributed by atoms with Gasteiger partial charge in [-0.3, -0.25) is 4.79 Å². The minimum Gasteiger partial charge on any atom is -0.299 e. The van der Waals surface area contributed by atoms with E-state index >= 15 is 0 Å². The van der Waals surface area contributed by atoms with E-state index in [4.69, 9.17) is 0 Å². The number of rotatable bonds is 1. The molecule has 2 bridgehead atoms. The highest BCUT2D eigenvalue weighted by molar-refractivity contribution is 5.98. The smallest absolute Gasteiger partial charge is 0.143 e. The van der Waals surface area contributed by atoms with Crippen molar-refractivity contribution in [3.05, 3.63) is 53.6 Å². The predicted molar refractivity (Wildman–Crippen MR) is 98.8 cm³/mol. The van der Waals surface area contributed by atoms with Crippen molar-refractivity contribution in [3.8, 4) is 0 Å². The summed E-state index contributed by atoms with van der Waals surface area (Å²) in [5.74, 6) is 1.40. The Hall–Kier alpha value is -1.89. The molecular formula is C23H24O. The lowest BCUT2D eigenvalue weighted by atomic mass is 9.70. The predicted octanol–water partition coefficient (Wildman–Crippen LogP) is 5.59. The largest absolute Gasteiger partial charge is 0.299 e. The van der Waals surface area contributed by atoms with Crippen molar-refractivity contribution in [2.75, 3.05) is 0 Å². The van der Waals surface area contributed by atoms with Crippen LogP contribution < -0.4 is 0 Å². The van der Waals surface area contributed by atoms with Crippen LogP contribution in [0.4, 0.5) is 0 Å². The Balaban J connectivity index is 1.70. The van der Waals surface area contributed by atoms with Crippen molar-refractivity contribution < 1.29 is 4.79 Å². The van der Waals surface area contributed by atoms with Gasteiger partial charge in [0.2, 0.25) is 0 Å². The first-order valence-electron chi connectivity index (χ1n) is 9.19. The van der Waals surface area contributed by atoms with Gasteiger partial charge in [-0.25, -0.2) is 0 Å². The minimum atomic E-state index is -0.138. The number of fused-ring (bicyclic) bond motifs is 2. The number of allylic oxidation sites excluding steroid dienone is 1. The summed E-state index contributed by atoms with van der Waals surface area (Å²) in [5.41, 5.74) is 2.63. The summed E-state index contributed by atoms with van der Waals surface area (Å²) in [5, 5.41) is 2.64. The Bertz CT molecular complexity index is 898. The Morgan fingerprint density at radius 3 is 2.50 bits per heavy atom. The molecule has 4 unspecified atom stereocenters. The lowest BCUT2D eigenvalue weighted by molar-refractivity contribution is -0.131. The first-order valence-corrected chi connectivity index (χ1v) is 9.19. The zero-order chi connectivity index (χ0) is 16.7. The van der Waals surface area contributed by atoms with Gasteiger partial charge in [0.05, 0.1) is 0 Å². The van der Waals surface area contributed by atoms with E-state index < -0.39 is 0 Å². The second-order valence-electron chi connectivity index (χ2n) is 8.77. The van der Waals surface area contributed by atoms with Gasteiger partial charge in [0.25, 0.3) is 0 Å². The van der Waals surface area contributed by atoms with Gasteiger partial charge in [-0.2, -0.15) is 0 Å². The maximum absolute atomic E-state index is 13.4. The van der Waals surface area contributed by atoms with Crippen molar-refractivity contribution in [2.45, 2.75) is 39.5 Å². The lowest BCUT2D eigenvalue weighted by Crippen LogP contribution is -2.34. The van der Waals surface area contributed by atoms with Gasteiger partial charge in [0.1, 0.15) is 5.78 Å². The molecule has 5 rings (SSSR count). The van der Waals surface area contributed by atoms with Crippen LogP contribution in [0.25, 0.3) is 16.8 Å². The monoisotopic (exact) mass is 316 g/mol. The highest BCUT2D eigenvalue weighted by Gasteiger charge is 2.67. The van der Waals surface area contributed by atoms with Gasteiger partial charge in [0.15, 0.2) is 0 Å². The van der Waals surface area contributed by atoms with Crippen molar-refractivity contribution in [1.29, 1.82) is 0 Å². The maximum atomic E-state index is 13.4. The van der Waals surface area contributed by atoms with Crippen molar-refractivity contribution in [3.63, 3.8) is 0 Å². The molecular weight excluding hydrogens is 292 g/mol. The molecule has 0 radical (unpaired) electrons. The highest BCUT2D eigenvalue weighted by Crippen LogP contribution is 2.68. The third-order valence-electron chi connectivity index (χ3n) is 7.78. The molecule has 4 atom stereocenters. The van der Waals surface area contributed by atoms with E-state index in [1.165, 1.54) is 28.3 Å². The molecule has 24 heavy (non-hydrogen) atoms. The zero-order valence-electron chi connectivity index (χ0n) is 14.7. The molecule has 1 heteroatoms. The van der Waals surface area contributed by atoms with E-state index in [9.17, 15) is 4.79 Å². The SMILES string of the molecule is CC12CCC(C(C3C=Cc4cccc5cccc3c45)C1=O)C2(C)C. The molecule has 3 aliphatic rings. The fraction of sp³-hybridized carbons (Fsp3) is 0.435. The second-order valence-corrected chi connectivity index (χ2v) is 8.77. The van der Waals surface area contributed by atoms with Crippen molar-refractivity contribution in [1.82, 2.24) is 0 Å². The van der Waals surface area contributed by atoms with Gasteiger partial charge in [-0.15, -0.1) is 0 Å². The van der Waals surface area contributed by atoms with Crippen LogP contribution in [0.2, 0.25) is 0 Å². The average molecular weight is 316 g/mol. The Kier molecular flexibility index (Phi) is 2.64. The molecule has 0 aliphatic heterocycles. The number of benzene rings is 2. The van der Waals surface area contributed by atoms with E-state index in [0.29, 0.717) is 11.7 Å². The first kappa shape index (κ1) is 14.5. The Morgan fingerprint density at radius 1 is 1.04 bits per heavy atom. The molecule has 2 aromatic carbocycles. The van der Waals surface area contributed by atoms with Gasteiger partial charge >= 0.3 is 0 Å². The van der Waals surface area contributed by atoms with E-state index in [-0.39, 0.29) is 22.7 Å². The second kappa shape index (κ2) is 4.39. The van der Waals surface area contributed by atoms with Crippen LogP contribution in [-0.2, 0) is 4.79 Å². The fourth-order valence-electron chi connectivity index (χ4n) is 6.01. The van der Waals surface area contributed by atoms with Gasteiger partial charge in [0, 0.05) is 17.3 Å². The third-order valence-corrected chi connectivity index (χ3v) is 7.78. The van der Waals surface area contributed by atoms with Gasteiger partial charge < -0.3 is 0 Å². The Morgan fingerprint density at radius 2 is 1.79 bits per heavy atom. The standard InChI is InChI=1S/C23H24O/c1-22(2)18-12-13-23(22,3)21(24)20(18)17-11-10-15-7-4-6-14-8-5-9-16(17)19(14)15/h4-11,17-18,20H,12-13H2,1-3H3. The number of Topliss-reactive ketones (excluding diaryl/α,β-unsaturated/α-hetero) is 1. The van der Waals surface area contributed by atoms with Crippen molar-refractivity contribution in [2.24, 2.45) is 22.7 Å². The summed E-state index contributed by atoms with van der Waals surface area (Å²) in [7, 11) is 0. The summed E-state index contributed by atoms with van der Waals surface area (Å²) >= 11 is 0. The molecule has 0 spiro atoms. The number of hydrogen-bond donors (Lipinski definition) is 0. The summed E-state index contributed by atoms with van der Waals surface area (Å²) in [6, 6.07) is 13.1. The minimum absolute atomic E-state index is 0.119. The summed E-state index contributed by atoms with van der Waals surface area (Å²) < 4.78 is 0. The van der Waals surface area contributed by atoms with E-state index in [0.717, 1.165) is 6.42 Å². The topological polar surface area (TPSA) is 17.1 Å². The number of ketones is 1. The molecule has 0 saturated heterocycles. The summed E-state index contributed by atoms with van der Waals surface area (Å²) in [6.45, 7) is 6.86. The van der Waals surface area contributed by atoms with Crippen LogP contribution in [-0.4, -0.2) is 5.78 Å². The molecule has 0 aromatic heterocycles. The lowest BCUT2D eigenvalue weighted by Gasteiger charge is -2.32. The van der Waals surface area contributed by atoms with Crippen molar-refractivity contribution >= 4 is 22.6 Å². The summed E-state index contributed by atoms with van der Waals surface area (Å²) in [4.78, 5) is 13.4. The summed E-state index contributed by atoms with van der Waals surface area (Å²) in [6.07, 6.45) is 6.81. The number of carbonyl (C=O) groups excluding carboxylic acids is 1. The van der Waals surface area contributed by atoms with Crippen LogP contribution in [0, 0.1) is 22.7 Å². The van der Waals surface area contributed by atoms with Crippen LogP contribution in [0.5, 0.6) is 0 Å². The first-order chi connectivity index (χ1) is 11.4. The van der Waals surface area contributed by atoms with Crippen LogP contribution in [0.15, 0.2) is 42.5 Å². The van der Waals surface area contributed by atoms with Gasteiger partial charge in [-0.1, -0.05) is 69.3 Å². The number of carbonyl (C=O) groups is 1. The van der Waals surface area contributed by atoms with E-state index in [1.54, 1.807) is 0 Å². The number of hydrogen-bond acceptors (Lipinski definition) is 1. The molecule has 122 valence electrons. The molecule has 3 aliphatic carbocycles. The van der Waals surface area contributed by atoms with Crippen LogP contribution >= 0.6 is 0 Å². The average Bonchev–Trinajstić information content (AvgIpc) is 2.89. The van der Waals surface area contributed by atoms with Gasteiger partial charge in [-0.05, 0) is 46.1 Å². The maximum Gasteiger partial charge on any atom is 0.143 e. The molecule has 0 amide bonds. The molecule has 1 nitrogen and oxygen atoms in total. The van der Waals surface area contributed by atoms with E-state index in [1.807, 2.05) is 0 Å². The molecule has 0 N–H and O–H groups in total. The van der Waals surface area contributed by atoms with Crippen LogP contribution in [0.3, 0.4) is 0 Å². The normalized spacial score (nSPS) is 35.8. The van der Waals surface area contributed by atoms with E-state index in [2.05, 4.69) is 69.3 Å². The molecule has 2 saturated carbocycles.